The molecule has 0 fully saturated rings. The molecule has 0 aliphatic heterocycles. The molecule has 60 valence electrons. The van der Waals surface area contributed by atoms with Crippen molar-refractivity contribution in [3.8, 4) is 11.8 Å². The Morgan fingerprint density at radius 1 is 1.67 bits per heavy atom. The first kappa shape index (κ1) is 8.41. The lowest BCUT2D eigenvalue weighted by molar-refractivity contribution is -0.103. The molecule has 0 N–H and O–H groups in total. The molecule has 0 aliphatic carbocycles. The molecule has 0 aromatic carbocycles. The summed E-state index contributed by atoms with van der Waals surface area (Å²) in [5.74, 6) is 4.24. The number of nitrogens with zero attached hydrogens (tertiary/aromatic N) is 1. The van der Waals surface area contributed by atoms with E-state index >= 15 is 0 Å². The van der Waals surface area contributed by atoms with Crippen LogP contribution in [0, 0.1) is 24.7 Å². The number of hydrogen-bond donors (Lipinski definition) is 0. The molecule has 0 aliphatic rings. The summed E-state index contributed by atoms with van der Waals surface area (Å²) in [6, 6.07) is 1.27. The van der Waals surface area contributed by atoms with E-state index in [1.54, 1.807) is 6.92 Å². The van der Waals surface area contributed by atoms with E-state index in [0.717, 1.165) is 0 Å². The van der Waals surface area contributed by atoms with Crippen molar-refractivity contribution in [2.24, 2.45) is 0 Å². The monoisotopic (exact) mass is 163 g/mol. The van der Waals surface area contributed by atoms with Crippen molar-refractivity contribution in [3.63, 3.8) is 0 Å². The molecule has 0 amide bonds. The van der Waals surface area contributed by atoms with E-state index in [1.807, 2.05) is 0 Å². The van der Waals surface area contributed by atoms with Gasteiger partial charge in [0.05, 0.1) is 0 Å². The predicted molar refractivity (Wildman–Crippen MR) is 41.9 cm³/mol. The number of halogens is 1. The number of aromatic nitrogens is 1. The van der Waals surface area contributed by atoms with Gasteiger partial charge >= 0.3 is 0 Å². The molecule has 0 spiro atoms. The minimum Gasteiger partial charge on any atom is -0.289 e. The molecule has 0 unspecified atom stereocenters. The van der Waals surface area contributed by atoms with Gasteiger partial charge in [-0.2, -0.15) is 4.39 Å². The van der Waals surface area contributed by atoms with E-state index in [4.69, 9.17) is 0 Å². The zero-order valence-electron chi connectivity index (χ0n) is 6.47. The van der Waals surface area contributed by atoms with Crippen LogP contribution >= 0.6 is 0 Å². The maximum atomic E-state index is 12.4. The Hall–Kier alpha value is -1.69. The van der Waals surface area contributed by atoms with Crippen molar-refractivity contribution in [3.05, 3.63) is 29.3 Å². The van der Waals surface area contributed by atoms with Crippen molar-refractivity contribution < 1.29 is 9.18 Å². The van der Waals surface area contributed by atoms with Crippen LogP contribution < -0.4 is 0 Å². The highest BCUT2D eigenvalue weighted by atomic mass is 19.1. The molecule has 1 heterocycles. The zero-order chi connectivity index (χ0) is 8.97. The Labute approximate surface area is 69.4 Å². The highest BCUT2D eigenvalue weighted by Crippen LogP contribution is 2.04. The summed E-state index contributed by atoms with van der Waals surface area (Å²) < 4.78 is 12.4. The molecule has 1 aromatic heterocycles. The van der Waals surface area contributed by atoms with E-state index < -0.39 is 5.95 Å². The number of hydrogen-bond acceptors (Lipinski definition) is 2. The van der Waals surface area contributed by atoms with Crippen LogP contribution in [-0.2, 0) is 4.79 Å². The van der Waals surface area contributed by atoms with E-state index in [-0.39, 0.29) is 0 Å². The minimum atomic E-state index is -0.538. The molecule has 0 radical (unpaired) electrons. The summed E-state index contributed by atoms with van der Waals surface area (Å²) in [5, 5.41) is 0. The number of rotatable bonds is 0. The largest absolute Gasteiger partial charge is 0.289 e. The number of aryl methyl sites for hydroxylation is 1. The molecule has 0 bridgehead atoms. The summed E-state index contributed by atoms with van der Waals surface area (Å²) in [5.41, 5.74) is 1.25. The van der Waals surface area contributed by atoms with Crippen LogP contribution in [0.5, 0.6) is 0 Å². The van der Waals surface area contributed by atoms with E-state index in [1.165, 1.54) is 12.3 Å². The van der Waals surface area contributed by atoms with Crippen molar-refractivity contribution >= 4 is 6.29 Å². The Morgan fingerprint density at radius 2 is 2.42 bits per heavy atom. The van der Waals surface area contributed by atoms with Gasteiger partial charge in [-0.15, -0.1) is 0 Å². The SMILES string of the molecule is Cc1cc(F)ncc1C#CC=O. The van der Waals surface area contributed by atoms with Gasteiger partial charge in [0.15, 0.2) is 6.29 Å². The van der Waals surface area contributed by atoms with Gasteiger partial charge in [-0.25, -0.2) is 4.98 Å². The maximum absolute atomic E-state index is 12.4. The fraction of sp³-hybridized carbons (Fsp3) is 0.111. The number of pyridine rings is 1. The van der Waals surface area contributed by atoms with Crippen LogP contribution in [0.15, 0.2) is 12.3 Å². The Bertz CT molecular complexity index is 363. The highest BCUT2D eigenvalue weighted by molar-refractivity contribution is 5.74. The summed E-state index contributed by atoms with van der Waals surface area (Å²) in [7, 11) is 0. The summed E-state index contributed by atoms with van der Waals surface area (Å²) in [4.78, 5) is 13.3. The first-order valence-corrected chi connectivity index (χ1v) is 3.31. The van der Waals surface area contributed by atoms with E-state index in [2.05, 4.69) is 16.8 Å². The van der Waals surface area contributed by atoms with Gasteiger partial charge in [-0.1, -0.05) is 5.92 Å². The predicted octanol–water partition coefficient (Wildman–Crippen LogP) is 1.08. The number of aldehydes is 1. The molecule has 0 saturated heterocycles. The van der Waals surface area contributed by atoms with Crippen LogP contribution in [0.4, 0.5) is 4.39 Å². The molecule has 1 rings (SSSR count). The third-order valence-corrected chi connectivity index (χ3v) is 1.34. The van der Waals surface area contributed by atoms with Gasteiger partial charge in [0.2, 0.25) is 5.95 Å². The maximum Gasteiger partial charge on any atom is 0.213 e. The van der Waals surface area contributed by atoms with Gasteiger partial charge < -0.3 is 0 Å². The van der Waals surface area contributed by atoms with Crippen molar-refractivity contribution in [1.29, 1.82) is 0 Å². The third kappa shape index (κ3) is 1.89. The topological polar surface area (TPSA) is 30.0 Å². The molecule has 0 atom stereocenters. The fourth-order valence-corrected chi connectivity index (χ4v) is 0.760. The second kappa shape index (κ2) is 3.63. The molecule has 1 aromatic rings. The van der Waals surface area contributed by atoms with Crippen molar-refractivity contribution in [1.82, 2.24) is 4.98 Å². The lowest BCUT2D eigenvalue weighted by Crippen LogP contribution is -1.88. The van der Waals surface area contributed by atoms with Crippen LogP contribution in [0.2, 0.25) is 0 Å². The van der Waals surface area contributed by atoms with Crippen LogP contribution in [0.1, 0.15) is 11.1 Å². The van der Waals surface area contributed by atoms with Gasteiger partial charge in [-0.3, -0.25) is 4.79 Å². The van der Waals surface area contributed by atoms with Gasteiger partial charge in [0, 0.05) is 11.8 Å². The average molecular weight is 163 g/mol. The molecular formula is C9H6FNO. The molecule has 2 nitrogen and oxygen atoms in total. The Morgan fingerprint density at radius 3 is 3.00 bits per heavy atom. The molecule has 3 heteroatoms. The van der Waals surface area contributed by atoms with E-state index in [0.29, 0.717) is 17.4 Å². The standard InChI is InChI=1S/C9H6FNO/c1-7-5-9(10)11-6-8(7)3-2-4-12/h4-6H,1H3. The summed E-state index contributed by atoms with van der Waals surface area (Å²) in [6.45, 7) is 1.71. The van der Waals surface area contributed by atoms with Crippen LogP contribution in [0.3, 0.4) is 0 Å². The fourth-order valence-electron chi connectivity index (χ4n) is 0.760. The van der Waals surface area contributed by atoms with Gasteiger partial charge in [0.25, 0.3) is 0 Å². The van der Waals surface area contributed by atoms with E-state index in [9.17, 15) is 9.18 Å². The normalized spacial score (nSPS) is 8.50. The third-order valence-electron chi connectivity index (χ3n) is 1.34. The molecule has 12 heavy (non-hydrogen) atoms. The molecule has 0 saturated carbocycles. The van der Waals surface area contributed by atoms with Gasteiger partial charge in [-0.05, 0) is 24.5 Å². The smallest absolute Gasteiger partial charge is 0.213 e. The number of carbonyl (C=O) groups excluding carboxylic acids is 1. The second-order valence-electron chi connectivity index (χ2n) is 2.21. The van der Waals surface area contributed by atoms with Gasteiger partial charge in [0.1, 0.15) is 0 Å². The first-order chi connectivity index (χ1) is 5.74. The second-order valence-corrected chi connectivity index (χ2v) is 2.21. The number of carbonyl (C=O) groups is 1. The van der Waals surface area contributed by atoms with Crippen molar-refractivity contribution in [2.45, 2.75) is 6.92 Å². The van der Waals surface area contributed by atoms with Crippen LogP contribution in [-0.4, -0.2) is 11.3 Å². The first-order valence-electron chi connectivity index (χ1n) is 3.31. The summed E-state index contributed by atoms with van der Waals surface area (Å²) in [6.07, 6.45) is 1.80. The van der Waals surface area contributed by atoms with Crippen molar-refractivity contribution in [2.75, 3.05) is 0 Å². The summed E-state index contributed by atoms with van der Waals surface area (Å²) >= 11 is 0. The van der Waals surface area contributed by atoms with Crippen LogP contribution in [0.25, 0.3) is 0 Å². The Balaban J connectivity index is 3.09. The Kier molecular flexibility index (Phi) is 2.54. The highest BCUT2D eigenvalue weighted by Gasteiger charge is 1.96. The minimum absolute atomic E-state index is 0.489. The zero-order valence-corrected chi connectivity index (χ0v) is 6.47. The quantitative estimate of drug-likeness (QED) is 0.325. The average Bonchev–Trinajstić information content (AvgIpc) is 2.03. The molecular weight excluding hydrogens is 157 g/mol. The lowest BCUT2D eigenvalue weighted by Gasteiger charge is -1.94. The lowest BCUT2D eigenvalue weighted by atomic mass is 10.2.